The van der Waals surface area contributed by atoms with Gasteiger partial charge in [-0.15, -0.1) is 0 Å². The number of rotatable bonds is 9. The van der Waals surface area contributed by atoms with Crippen molar-refractivity contribution in [2.45, 2.75) is 90.6 Å². The van der Waals surface area contributed by atoms with E-state index >= 15 is 0 Å². The molecule has 0 saturated carbocycles. The lowest BCUT2D eigenvalue weighted by Crippen LogP contribution is -2.39. The lowest BCUT2D eigenvalue weighted by molar-refractivity contribution is -0.119. The van der Waals surface area contributed by atoms with Gasteiger partial charge in [0.05, 0.1) is 5.69 Å². The van der Waals surface area contributed by atoms with Crippen molar-refractivity contribution in [3.05, 3.63) is 52.6 Å². The predicted molar refractivity (Wildman–Crippen MR) is 142 cm³/mol. The van der Waals surface area contributed by atoms with Gasteiger partial charge in [-0.3, -0.25) is 9.59 Å². The largest absolute Gasteiger partial charge is 0.444 e. The second kappa shape index (κ2) is 11.4. The molecule has 0 spiro atoms. The van der Waals surface area contributed by atoms with Gasteiger partial charge in [0.25, 0.3) is 0 Å². The Labute approximate surface area is 215 Å². The third-order valence-corrected chi connectivity index (χ3v) is 7.10. The van der Waals surface area contributed by atoms with Crippen LogP contribution in [0, 0.1) is 0 Å². The van der Waals surface area contributed by atoms with Gasteiger partial charge < -0.3 is 14.5 Å². The minimum Gasteiger partial charge on any atom is -0.444 e. The fourth-order valence-corrected chi connectivity index (χ4v) is 5.38. The SMILES string of the molecule is CC(C)(C)OC(=O)N(CCCCCc1cc2c3c(c1)CCC(=O)N3CCC2)CCC1=CC=CC(=O)C1. The monoisotopic (exact) mass is 492 g/mol. The van der Waals surface area contributed by atoms with E-state index < -0.39 is 5.60 Å². The van der Waals surface area contributed by atoms with E-state index in [0.29, 0.717) is 32.4 Å². The molecule has 2 amide bonds. The maximum atomic E-state index is 12.8. The van der Waals surface area contributed by atoms with Crippen LogP contribution in [-0.2, 0) is 33.6 Å². The first kappa shape index (κ1) is 26.2. The Balaban J connectivity index is 1.29. The van der Waals surface area contributed by atoms with Crippen LogP contribution in [-0.4, -0.2) is 47.9 Å². The van der Waals surface area contributed by atoms with Crippen molar-refractivity contribution in [3.8, 4) is 0 Å². The minimum absolute atomic E-state index is 0.118. The summed E-state index contributed by atoms with van der Waals surface area (Å²) in [5.41, 5.74) is 5.76. The van der Waals surface area contributed by atoms with E-state index in [4.69, 9.17) is 4.74 Å². The van der Waals surface area contributed by atoms with Gasteiger partial charge in [-0.1, -0.05) is 36.3 Å². The quantitative estimate of drug-likeness (QED) is 0.414. The zero-order valence-electron chi connectivity index (χ0n) is 22.1. The lowest BCUT2D eigenvalue weighted by Gasteiger charge is -2.35. The van der Waals surface area contributed by atoms with Crippen LogP contribution < -0.4 is 4.90 Å². The highest BCUT2D eigenvalue weighted by atomic mass is 16.6. The van der Waals surface area contributed by atoms with Crippen molar-refractivity contribution >= 4 is 23.5 Å². The predicted octanol–water partition coefficient (Wildman–Crippen LogP) is 5.71. The van der Waals surface area contributed by atoms with Crippen LogP contribution in [0.2, 0.25) is 0 Å². The van der Waals surface area contributed by atoms with Gasteiger partial charge in [0, 0.05) is 32.5 Å². The molecular formula is C30H40N2O4. The van der Waals surface area contributed by atoms with Crippen molar-refractivity contribution in [1.82, 2.24) is 4.90 Å². The van der Waals surface area contributed by atoms with Gasteiger partial charge in [-0.2, -0.15) is 0 Å². The van der Waals surface area contributed by atoms with Crippen LogP contribution in [0.15, 0.2) is 35.9 Å². The number of hydrogen-bond donors (Lipinski definition) is 0. The van der Waals surface area contributed by atoms with E-state index in [0.717, 1.165) is 57.1 Å². The Hall–Kier alpha value is -2.89. The number of allylic oxidation sites excluding steroid dienone is 3. The fraction of sp³-hybridized carbons (Fsp3) is 0.567. The van der Waals surface area contributed by atoms with Crippen LogP contribution in [0.3, 0.4) is 0 Å². The standard InChI is InChI=1S/C30H40N2O4/c1-30(2,3)36-29(35)31(18-15-22-10-7-12-26(33)21-22)16-6-4-5-9-23-19-24-11-8-17-32-27(34)14-13-25(20-23)28(24)32/h7,10,12,19-20H,4-6,8-9,11,13-18,21H2,1-3H3. The first-order valence-electron chi connectivity index (χ1n) is 13.5. The van der Waals surface area contributed by atoms with Crippen molar-refractivity contribution in [1.29, 1.82) is 0 Å². The van der Waals surface area contributed by atoms with Gasteiger partial charge in [-0.25, -0.2) is 4.79 Å². The first-order chi connectivity index (χ1) is 17.2. The minimum atomic E-state index is -0.537. The van der Waals surface area contributed by atoms with Crippen molar-refractivity contribution in [3.63, 3.8) is 0 Å². The van der Waals surface area contributed by atoms with E-state index in [2.05, 4.69) is 12.1 Å². The number of ketones is 1. The fourth-order valence-electron chi connectivity index (χ4n) is 5.38. The zero-order valence-corrected chi connectivity index (χ0v) is 22.1. The zero-order chi connectivity index (χ0) is 25.7. The molecule has 0 N–H and O–H groups in total. The number of carbonyl (C=O) groups excluding carboxylic acids is 3. The first-order valence-corrected chi connectivity index (χ1v) is 13.5. The average Bonchev–Trinajstić information content (AvgIpc) is 2.82. The summed E-state index contributed by atoms with van der Waals surface area (Å²) in [5.74, 6) is 0.389. The molecule has 1 aliphatic carbocycles. The Morgan fingerprint density at radius 1 is 1.00 bits per heavy atom. The molecule has 0 atom stereocenters. The van der Waals surface area contributed by atoms with Gasteiger partial charge in [0.15, 0.2) is 5.78 Å². The second-order valence-corrected chi connectivity index (χ2v) is 11.3. The van der Waals surface area contributed by atoms with E-state index in [-0.39, 0.29) is 17.8 Å². The molecule has 4 rings (SSSR count). The summed E-state index contributed by atoms with van der Waals surface area (Å²) in [6.45, 7) is 7.73. The normalized spacial score (nSPS) is 17.1. The smallest absolute Gasteiger partial charge is 0.410 e. The molecule has 0 aromatic heterocycles. The number of nitrogens with zero attached hydrogens (tertiary/aromatic N) is 2. The Bertz CT molecular complexity index is 1050. The van der Waals surface area contributed by atoms with E-state index in [1.165, 1.54) is 22.4 Å². The molecule has 36 heavy (non-hydrogen) atoms. The van der Waals surface area contributed by atoms with Crippen molar-refractivity contribution in [2.24, 2.45) is 0 Å². The van der Waals surface area contributed by atoms with Gasteiger partial charge in [0.1, 0.15) is 5.60 Å². The Morgan fingerprint density at radius 3 is 2.53 bits per heavy atom. The maximum absolute atomic E-state index is 12.8. The topological polar surface area (TPSA) is 66.9 Å². The molecule has 2 heterocycles. The van der Waals surface area contributed by atoms with E-state index in [1.54, 1.807) is 17.1 Å². The third kappa shape index (κ3) is 6.86. The van der Waals surface area contributed by atoms with E-state index in [1.807, 2.05) is 31.7 Å². The van der Waals surface area contributed by atoms with Gasteiger partial charge in [-0.05, 0) is 88.5 Å². The third-order valence-electron chi connectivity index (χ3n) is 7.10. The Morgan fingerprint density at radius 2 is 1.78 bits per heavy atom. The Kier molecular flexibility index (Phi) is 8.32. The van der Waals surface area contributed by atoms with Crippen LogP contribution in [0.1, 0.15) is 82.4 Å². The summed E-state index contributed by atoms with van der Waals surface area (Å²) in [7, 11) is 0. The molecule has 0 fully saturated rings. The highest BCUT2D eigenvalue weighted by molar-refractivity contribution is 5.97. The number of benzene rings is 1. The van der Waals surface area contributed by atoms with Crippen LogP contribution in [0.4, 0.5) is 10.5 Å². The number of carbonyl (C=O) groups is 3. The van der Waals surface area contributed by atoms with Gasteiger partial charge in [0.2, 0.25) is 5.91 Å². The highest BCUT2D eigenvalue weighted by Crippen LogP contribution is 2.37. The van der Waals surface area contributed by atoms with Crippen LogP contribution in [0.5, 0.6) is 0 Å². The molecule has 6 nitrogen and oxygen atoms in total. The number of ether oxygens (including phenoxy) is 1. The molecule has 6 heteroatoms. The molecule has 0 radical (unpaired) electrons. The number of aryl methyl sites for hydroxylation is 3. The summed E-state index contributed by atoms with van der Waals surface area (Å²) in [5, 5.41) is 0. The summed E-state index contributed by atoms with van der Waals surface area (Å²) in [4.78, 5) is 40.6. The molecule has 3 aliphatic rings. The number of hydrogen-bond acceptors (Lipinski definition) is 4. The lowest BCUT2D eigenvalue weighted by atomic mass is 9.88. The molecule has 1 aromatic rings. The molecule has 1 aromatic carbocycles. The highest BCUT2D eigenvalue weighted by Gasteiger charge is 2.29. The molecule has 0 unspecified atom stereocenters. The summed E-state index contributed by atoms with van der Waals surface area (Å²) >= 11 is 0. The van der Waals surface area contributed by atoms with Crippen molar-refractivity contribution < 1.29 is 19.1 Å². The van der Waals surface area contributed by atoms with Crippen LogP contribution in [0.25, 0.3) is 0 Å². The number of unbranched alkanes of at least 4 members (excludes halogenated alkanes) is 2. The summed E-state index contributed by atoms with van der Waals surface area (Å²) in [6.07, 6.45) is 13.8. The molecular weight excluding hydrogens is 452 g/mol. The second-order valence-electron chi connectivity index (χ2n) is 11.3. The molecule has 0 bridgehead atoms. The van der Waals surface area contributed by atoms with Crippen molar-refractivity contribution in [2.75, 3.05) is 24.5 Å². The number of amides is 2. The van der Waals surface area contributed by atoms with Crippen LogP contribution >= 0.6 is 0 Å². The summed E-state index contributed by atoms with van der Waals surface area (Å²) < 4.78 is 5.65. The molecule has 0 saturated heterocycles. The number of anilines is 1. The summed E-state index contributed by atoms with van der Waals surface area (Å²) in [6, 6.07) is 4.62. The maximum Gasteiger partial charge on any atom is 0.410 e. The average molecular weight is 493 g/mol. The van der Waals surface area contributed by atoms with Gasteiger partial charge >= 0.3 is 6.09 Å². The molecule has 2 aliphatic heterocycles. The molecule has 194 valence electrons. The van der Waals surface area contributed by atoms with E-state index in [9.17, 15) is 14.4 Å².